The molecule has 1 saturated heterocycles. The van der Waals surface area contributed by atoms with Crippen molar-refractivity contribution in [2.75, 3.05) is 11.5 Å². The van der Waals surface area contributed by atoms with Gasteiger partial charge in [0.25, 0.3) is 11.8 Å². The molecule has 2 aromatic rings. The zero-order chi connectivity index (χ0) is 26.9. The number of nitrogens with two attached hydrogens (primary N) is 1. The van der Waals surface area contributed by atoms with E-state index >= 15 is 0 Å². The number of aliphatic carboxylic acids is 2. The van der Waals surface area contributed by atoms with Gasteiger partial charge in [0.2, 0.25) is 5.60 Å². The molecular weight excluding hydrogens is 547 g/mol. The first-order valence-electron chi connectivity index (χ1n) is 10.9. The summed E-state index contributed by atoms with van der Waals surface area (Å²) in [5, 5.41) is 26.3. The summed E-state index contributed by atoms with van der Waals surface area (Å²) in [5.74, 6) is -3.66. The van der Waals surface area contributed by atoms with Gasteiger partial charge in [-0.3, -0.25) is 14.5 Å². The van der Waals surface area contributed by atoms with E-state index in [1.54, 1.807) is 12.4 Å². The number of hydrogen-bond acceptors (Lipinski definition) is 10. The Morgan fingerprint density at radius 1 is 1.29 bits per heavy atom. The van der Waals surface area contributed by atoms with Crippen molar-refractivity contribution in [3.8, 4) is 0 Å². The van der Waals surface area contributed by atoms with Crippen LogP contribution in [0.25, 0.3) is 0 Å². The normalized spacial score (nSPS) is 19.2. The van der Waals surface area contributed by atoms with E-state index in [-0.39, 0.29) is 51.8 Å². The minimum absolute atomic E-state index is 0. The molecule has 194 valence electrons. The maximum atomic E-state index is 13.1. The first-order valence-corrected chi connectivity index (χ1v) is 12.8. The van der Waals surface area contributed by atoms with Crippen molar-refractivity contribution >= 4 is 57.7 Å². The van der Waals surface area contributed by atoms with Gasteiger partial charge in [-0.1, -0.05) is 11.2 Å². The molecule has 0 unspecified atom stereocenters. The number of oxime groups is 1. The number of carbonyl (C=O) groups is 4. The third kappa shape index (κ3) is 6.02. The predicted molar refractivity (Wildman–Crippen MR) is 132 cm³/mol. The summed E-state index contributed by atoms with van der Waals surface area (Å²) >= 11 is 2.35. The first kappa shape index (κ1) is 29.6. The third-order valence-corrected chi connectivity index (χ3v) is 7.56. The van der Waals surface area contributed by atoms with Crippen LogP contribution in [0.5, 0.6) is 0 Å². The molecule has 38 heavy (non-hydrogen) atoms. The van der Waals surface area contributed by atoms with E-state index in [0.717, 1.165) is 11.3 Å². The number of thiazole rings is 1. The van der Waals surface area contributed by atoms with Crippen LogP contribution >= 0.6 is 23.1 Å². The summed E-state index contributed by atoms with van der Waals surface area (Å²) in [6.45, 7) is 2.80. The van der Waals surface area contributed by atoms with Gasteiger partial charge in [0.1, 0.15) is 22.8 Å². The third-order valence-electron chi connectivity index (χ3n) is 5.55. The smallest absolute Gasteiger partial charge is 0.478 e. The Labute approximate surface area is 247 Å². The fourth-order valence-corrected chi connectivity index (χ4v) is 5.46. The monoisotopic (exact) mass is 570 g/mol. The van der Waals surface area contributed by atoms with Gasteiger partial charge in [-0.2, -0.15) is 0 Å². The van der Waals surface area contributed by atoms with Crippen LogP contribution in [-0.2, 0) is 30.6 Å². The average Bonchev–Trinajstić information content (AvgIpc) is 3.28. The Balaban J connectivity index is 0.00000400. The molecule has 16 heteroatoms. The number of aromatic nitrogens is 2. The number of rotatable bonds is 9. The first-order chi connectivity index (χ1) is 17.5. The zero-order valence-corrected chi connectivity index (χ0v) is 24.3. The minimum Gasteiger partial charge on any atom is -0.478 e. The number of carboxylic acid groups (broad SMARTS) is 2. The second kappa shape index (κ2) is 11.8. The standard InChI is InChI=1S/C22H22N6O7S2.Na/c1-22(2,20(33)34)35-26-13(12-10-37-21(23)24-12)16(29)25-14-17(30)28-15(19(31)32)11(9-36-18(14)28)8-27-6-4-3-5-7-27;/h3-7,10,14,18H,8-9H2,1-2H3,(H4-,23,24,25,29,31,32,33,34);/q;+1/p+1/b26-13-;/t14-,18-;/m1./s1. The Morgan fingerprint density at radius 2 is 1.97 bits per heavy atom. The summed E-state index contributed by atoms with van der Waals surface area (Å²) in [4.78, 5) is 59.9. The predicted octanol–water partition coefficient (Wildman–Crippen LogP) is -2.96. The van der Waals surface area contributed by atoms with E-state index < -0.39 is 40.8 Å². The van der Waals surface area contributed by atoms with Gasteiger partial charge in [-0.15, -0.1) is 23.1 Å². The molecule has 2 aliphatic heterocycles. The summed E-state index contributed by atoms with van der Waals surface area (Å²) < 4.78 is 1.81. The van der Waals surface area contributed by atoms with E-state index in [1.165, 1.54) is 35.9 Å². The molecule has 0 spiro atoms. The van der Waals surface area contributed by atoms with Crippen LogP contribution in [0.2, 0.25) is 0 Å². The van der Waals surface area contributed by atoms with Crippen molar-refractivity contribution < 1.29 is 68.4 Å². The fourth-order valence-electron chi connectivity index (χ4n) is 3.57. The Morgan fingerprint density at radius 3 is 2.55 bits per heavy atom. The molecule has 0 bridgehead atoms. The number of carbonyl (C=O) groups excluding carboxylic acids is 2. The zero-order valence-electron chi connectivity index (χ0n) is 20.7. The van der Waals surface area contributed by atoms with Crippen LogP contribution in [0.3, 0.4) is 0 Å². The molecule has 0 radical (unpaired) electrons. The maximum absolute atomic E-state index is 13.1. The molecular formula is C22H23N6NaO7S2+2. The van der Waals surface area contributed by atoms with E-state index in [0.29, 0.717) is 17.9 Å². The molecule has 2 amide bonds. The minimum atomic E-state index is -1.75. The SMILES string of the molecule is CC(C)(O/N=C(\C(=O)N[C@@H]1C(=O)N2C(C(=O)O)=C(C[n+]3ccccc3)CS[C@H]12)c1csc(N)n1)C(=O)O.[Na+]. The molecule has 0 aromatic carbocycles. The number of thioether (sulfide) groups is 1. The molecule has 2 atom stereocenters. The van der Waals surface area contributed by atoms with Crippen molar-refractivity contribution in [2.24, 2.45) is 5.16 Å². The fraction of sp³-hybridized carbons (Fsp3) is 0.318. The summed E-state index contributed by atoms with van der Waals surface area (Å²) in [5.41, 5.74) is 4.04. The van der Waals surface area contributed by atoms with Gasteiger partial charge in [0, 0.05) is 28.8 Å². The molecule has 2 aliphatic rings. The number of fused-ring (bicyclic) bond motifs is 1. The van der Waals surface area contributed by atoms with Crippen molar-refractivity contribution in [1.29, 1.82) is 0 Å². The number of carboxylic acids is 2. The second-order valence-electron chi connectivity index (χ2n) is 8.58. The van der Waals surface area contributed by atoms with Gasteiger partial charge in [-0.25, -0.2) is 19.1 Å². The van der Waals surface area contributed by atoms with Crippen molar-refractivity contribution in [2.45, 2.75) is 37.4 Å². The number of amides is 2. The van der Waals surface area contributed by atoms with Crippen molar-refractivity contribution in [3.63, 3.8) is 0 Å². The van der Waals surface area contributed by atoms with Gasteiger partial charge in [0.05, 0.1) is 0 Å². The number of nitrogen functional groups attached to an aromatic ring is 1. The number of pyridine rings is 1. The number of hydrogen-bond donors (Lipinski definition) is 4. The Bertz CT molecular complexity index is 1330. The van der Waals surface area contributed by atoms with Crippen molar-refractivity contribution in [3.05, 3.63) is 52.9 Å². The molecule has 4 heterocycles. The Hall–Kier alpha value is -2.98. The summed E-state index contributed by atoms with van der Waals surface area (Å²) in [6, 6.07) is 4.44. The van der Waals surface area contributed by atoms with E-state index in [9.17, 15) is 29.4 Å². The molecule has 5 N–H and O–H groups in total. The van der Waals surface area contributed by atoms with Crippen LogP contribution in [0.4, 0.5) is 5.13 Å². The largest absolute Gasteiger partial charge is 1.00 e. The van der Waals surface area contributed by atoms with Gasteiger partial charge in [-0.05, 0) is 13.8 Å². The summed E-state index contributed by atoms with van der Waals surface area (Å²) in [7, 11) is 0. The second-order valence-corrected chi connectivity index (χ2v) is 10.6. The molecule has 0 aliphatic carbocycles. The van der Waals surface area contributed by atoms with Gasteiger partial charge < -0.3 is 26.1 Å². The van der Waals surface area contributed by atoms with Gasteiger partial charge >= 0.3 is 41.5 Å². The van der Waals surface area contributed by atoms with Crippen LogP contribution in [0, 0.1) is 0 Å². The number of nitrogens with zero attached hydrogens (tertiary/aromatic N) is 4. The van der Waals surface area contributed by atoms with E-state index in [2.05, 4.69) is 15.5 Å². The molecule has 2 aromatic heterocycles. The van der Waals surface area contributed by atoms with Crippen LogP contribution in [-0.4, -0.2) is 72.3 Å². The quantitative estimate of drug-likeness (QED) is 0.0797. The number of β-lactam (4-membered cyclic amide) rings is 1. The van der Waals surface area contributed by atoms with Crippen LogP contribution in [0.1, 0.15) is 19.5 Å². The number of anilines is 1. The molecule has 1 fully saturated rings. The van der Waals surface area contributed by atoms with Crippen molar-refractivity contribution in [1.82, 2.24) is 15.2 Å². The average molecular weight is 571 g/mol. The molecule has 0 saturated carbocycles. The van der Waals surface area contributed by atoms with Crippen LogP contribution < -0.4 is 45.2 Å². The maximum Gasteiger partial charge on any atom is 1.00 e. The number of nitrogens with one attached hydrogen (secondary N) is 1. The topological polar surface area (TPSA) is 188 Å². The molecule has 13 nitrogen and oxygen atoms in total. The molecule has 4 rings (SSSR count). The van der Waals surface area contributed by atoms with E-state index in [4.69, 9.17) is 10.6 Å². The van der Waals surface area contributed by atoms with Gasteiger partial charge in [0.15, 0.2) is 29.8 Å². The van der Waals surface area contributed by atoms with E-state index in [1.807, 2.05) is 22.8 Å². The Kier molecular flexibility index (Phi) is 9.20. The summed E-state index contributed by atoms with van der Waals surface area (Å²) in [6.07, 6.45) is 3.59. The van der Waals surface area contributed by atoms with Crippen LogP contribution in [0.15, 0.2) is 52.4 Å².